The van der Waals surface area contributed by atoms with E-state index in [4.69, 9.17) is 5.21 Å². The molecule has 9 nitrogen and oxygen atoms in total. The molecule has 0 aliphatic heterocycles. The van der Waals surface area contributed by atoms with Crippen LogP contribution < -0.4 is 16.1 Å². The lowest BCUT2D eigenvalue weighted by atomic mass is 10.1. The highest BCUT2D eigenvalue weighted by molar-refractivity contribution is 7.14. The molecule has 2 aromatic carbocycles. The Morgan fingerprint density at radius 2 is 1.68 bits per heavy atom. The normalized spacial score (nSPS) is 10.5. The van der Waals surface area contributed by atoms with E-state index in [-0.39, 0.29) is 24.3 Å². The summed E-state index contributed by atoms with van der Waals surface area (Å²) in [5.41, 5.74) is 4.48. The van der Waals surface area contributed by atoms with Crippen LogP contribution in [-0.2, 0) is 25.7 Å². The van der Waals surface area contributed by atoms with E-state index in [0.717, 1.165) is 29.7 Å². The van der Waals surface area contributed by atoms with E-state index < -0.39 is 0 Å². The second-order valence-corrected chi connectivity index (χ2v) is 8.62. The van der Waals surface area contributed by atoms with Crippen molar-refractivity contribution in [1.29, 1.82) is 0 Å². The molecule has 0 fully saturated rings. The van der Waals surface area contributed by atoms with E-state index in [1.54, 1.807) is 12.5 Å². The standard InChI is InChI=1S/C18H24N4O3S.C8H8O2.C2H6/c1-19-14(10-6-3-7-11-16(23)22-25)17(24)21-18-20-15(12-26-18)13-8-4-2-5-9-13;9-7-10-6-8-4-2-1-3-5-8;1-2/h2,4-5,8-9,12,14,19,25H,3,6-7,10-11H2,1H3,(H,22,23)(H,20,21,24);1-5,7H,6H2;1-2H3/t14-;;/m0../s1. The molecule has 0 saturated heterocycles. The highest BCUT2D eigenvalue weighted by Crippen LogP contribution is 2.24. The largest absolute Gasteiger partial charge is 0.463 e. The van der Waals surface area contributed by atoms with Crippen LogP contribution in [0.15, 0.2) is 66.0 Å². The summed E-state index contributed by atoms with van der Waals surface area (Å²) in [5, 5.41) is 16.8. The topological polar surface area (TPSA) is 130 Å². The first-order valence-electron chi connectivity index (χ1n) is 12.6. The molecule has 0 spiro atoms. The minimum Gasteiger partial charge on any atom is -0.463 e. The van der Waals surface area contributed by atoms with Gasteiger partial charge in [-0.1, -0.05) is 87.4 Å². The fourth-order valence-corrected chi connectivity index (χ4v) is 3.97. The number of likely N-dealkylation sites (N-methyl/N-ethyl adjacent to an activating group) is 1. The number of hydrogen-bond acceptors (Lipinski definition) is 8. The van der Waals surface area contributed by atoms with Crippen LogP contribution in [0.5, 0.6) is 0 Å². The molecule has 3 rings (SSSR count). The fourth-order valence-electron chi connectivity index (χ4n) is 3.24. The maximum absolute atomic E-state index is 12.4. The quantitative estimate of drug-likeness (QED) is 0.101. The molecular weight excluding hydrogens is 504 g/mol. The number of thiazole rings is 1. The van der Waals surface area contributed by atoms with Crippen LogP contribution in [0.2, 0.25) is 0 Å². The highest BCUT2D eigenvalue weighted by Gasteiger charge is 2.17. The van der Waals surface area contributed by atoms with Crippen LogP contribution in [0.4, 0.5) is 5.13 Å². The van der Waals surface area contributed by atoms with Gasteiger partial charge in [0.15, 0.2) is 5.13 Å². The number of hydroxylamine groups is 1. The molecule has 10 heteroatoms. The maximum Gasteiger partial charge on any atom is 0.293 e. The van der Waals surface area contributed by atoms with Crippen molar-refractivity contribution >= 4 is 34.8 Å². The fraction of sp³-hybridized carbons (Fsp3) is 0.357. The number of amides is 2. The second-order valence-electron chi connectivity index (χ2n) is 7.76. The van der Waals surface area contributed by atoms with Crippen LogP contribution in [0.25, 0.3) is 11.3 Å². The summed E-state index contributed by atoms with van der Waals surface area (Å²) in [5.74, 6) is -0.500. The summed E-state index contributed by atoms with van der Waals surface area (Å²) in [6.45, 7) is 4.82. The molecule has 1 atom stereocenters. The number of carbonyl (C=O) groups excluding carboxylic acids is 3. The number of aromatic nitrogens is 1. The molecule has 0 bridgehead atoms. The first-order valence-corrected chi connectivity index (χ1v) is 13.5. The number of nitrogens with one attached hydrogen (secondary N) is 3. The zero-order valence-corrected chi connectivity index (χ0v) is 23.0. The Kier molecular flexibility index (Phi) is 17.5. The van der Waals surface area contributed by atoms with E-state index in [0.29, 0.717) is 31.1 Å². The van der Waals surface area contributed by atoms with Gasteiger partial charge in [-0.05, 0) is 25.5 Å². The number of anilines is 1. The lowest BCUT2D eigenvalue weighted by molar-refractivity contribution is -0.130. The van der Waals surface area contributed by atoms with E-state index >= 15 is 0 Å². The summed E-state index contributed by atoms with van der Waals surface area (Å²) >= 11 is 1.40. The number of carbonyl (C=O) groups is 3. The Morgan fingerprint density at radius 3 is 2.29 bits per heavy atom. The van der Waals surface area contributed by atoms with Gasteiger partial charge in [0, 0.05) is 17.4 Å². The number of hydrogen-bond donors (Lipinski definition) is 4. The molecule has 3 aromatic rings. The van der Waals surface area contributed by atoms with Gasteiger partial charge >= 0.3 is 0 Å². The Hall–Kier alpha value is -3.60. The van der Waals surface area contributed by atoms with E-state index in [9.17, 15) is 14.4 Å². The van der Waals surface area contributed by atoms with Crippen LogP contribution in [0, 0.1) is 0 Å². The molecule has 0 unspecified atom stereocenters. The number of ether oxygens (including phenoxy) is 1. The predicted octanol–water partition coefficient (Wildman–Crippen LogP) is 5.18. The van der Waals surface area contributed by atoms with Crippen molar-refractivity contribution in [3.05, 3.63) is 71.6 Å². The van der Waals surface area contributed by atoms with Crippen molar-refractivity contribution in [3.8, 4) is 11.3 Å². The van der Waals surface area contributed by atoms with Gasteiger partial charge in [0.2, 0.25) is 11.8 Å². The molecule has 0 saturated carbocycles. The predicted molar refractivity (Wildman–Crippen MR) is 151 cm³/mol. The van der Waals surface area contributed by atoms with Crippen molar-refractivity contribution in [2.75, 3.05) is 12.4 Å². The van der Waals surface area contributed by atoms with Gasteiger partial charge in [-0.3, -0.25) is 19.6 Å². The lowest BCUT2D eigenvalue weighted by Gasteiger charge is -2.14. The maximum atomic E-state index is 12.4. The second kappa shape index (κ2) is 20.5. The summed E-state index contributed by atoms with van der Waals surface area (Å²) in [6.07, 6.45) is 3.25. The third-order valence-electron chi connectivity index (χ3n) is 5.15. The summed E-state index contributed by atoms with van der Waals surface area (Å²) in [4.78, 5) is 37.6. The van der Waals surface area contributed by atoms with Gasteiger partial charge in [0.25, 0.3) is 6.47 Å². The molecule has 0 aliphatic carbocycles. The van der Waals surface area contributed by atoms with Gasteiger partial charge in [0.1, 0.15) is 6.61 Å². The third-order valence-corrected chi connectivity index (χ3v) is 5.91. The minimum atomic E-state index is -0.383. The van der Waals surface area contributed by atoms with Gasteiger partial charge in [-0.15, -0.1) is 11.3 Å². The van der Waals surface area contributed by atoms with Crippen molar-refractivity contribution in [1.82, 2.24) is 15.8 Å². The Bertz CT molecular complexity index is 1050. The zero-order valence-electron chi connectivity index (χ0n) is 22.2. The SMILES string of the molecule is CC.CN[C@@H](CCCCCC(=O)NO)C(=O)Nc1nc(-c2ccccc2)cs1.O=COCc1ccccc1. The van der Waals surface area contributed by atoms with Crippen molar-refractivity contribution < 1.29 is 24.3 Å². The number of rotatable bonds is 13. The number of benzene rings is 2. The Morgan fingerprint density at radius 1 is 1.03 bits per heavy atom. The van der Waals surface area contributed by atoms with Gasteiger partial charge in [-0.25, -0.2) is 10.5 Å². The monoisotopic (exact) mass is 542 g/mol. The van der Waals surface area contributed by atoms with Crippen molar-refractivity contribution in [2.24, 2.45) is 0 Å². The third kappa shape index (κ3) is 13.1. The summed E-state index contributed by atoms with van der Waals surface area (Å²) in [7, 11) is 1.75. The molecular formula is C28H38N4O5S. The summed E-state index contributed by atoms with van der Waals surface area (Å²) in [6, 6.07) is 19.0. The van der Waals surface area contributed by atoms with Crippen LogP contribution in [0.3, 0.4) is 0 Å². The van der Waals surface area contributed by atoms with Crippen LogP contribution >= 0.6 is 11.3 Å². The first kappa shape index (κ1) is 32.4. The molecule has 38 heavy (non-hydrogen) atoms. The van der Waals surface area contributed by atoms with Crippen LogP contribution in [-0.4, -0.2) is 41.6 Å². The van der Waals surface area contributed by atoms with Crippen molar-refractivity contribution in [2.45, 2.75) is 58.6 Å². The minimum absolute atomic E-state index is 0.116. The lowest BCUT2D eigenvalue weighted by Crippen LogP contribution is -2.38. The van der Waals surface area contributed by atoms with Gasteiger partial charge < -0.3 is 15.4 Å². The molecule has 2 amide bonds. The summed E-state index contributed by atoms with van der Waals surface area (Å²) < 4.78 is 4.54. The Labute approximate surface area is 228 Å². The van der Waals surface area contributed by atoms with Gasteiger partial charge in [0.05, 0.1) is 11.7 Å². The molecule has 0 aliphatic rings. The average Bonchev–Trinajstić information content (AvgIpc) is 3.44. The van der Waals surface area contributed by atoms with Crippen molar-refractivity contribution in [3.63, 3.8) is 0 Å². The molecule has 4 N–H and O–H groups in total. The zero-order chi connectivity index (χ0) is 28.0. The van der Waals surface area contributed by atoms with Gasteiger partial charge in [-0.2, -0.15) is 0 Å². The van der Waals surface area contributed by atoms with E-state index in [1.165, 1.54) is 11.3 Å². The number of nitrogens with zero attached hydrogens (tertiary/aromatic N) is 1. The van der Waals surface area contributed by atoms with Crippen LogP contribution in [0.1, 0.15) is 51.5 Å². The first-order chi connectivity index (χ1) is 18.6. The highest BCUT2D eigenvalue weighted by atomic mass is 32.1. The molecule has 1 heterocycles. The Balaban J connectivity index is 0.000000501. The molecule has 206 valence electrons. The average molecular weight is 543 g/mol. The van der Waals surface area contributed by atoms with E-state index in [2.05, 4.69) is 20.4 Å². The smallest absolute Gasteiger partial charge is 0.293 e. The van der Waals surface area contributed by atoms with E-state index in [1.807, 2.05) is 79.9 Å². The number of unbranched alkanes of at least 4 members (excludes halogenated alkanes) is 2. The molecule has 1 aromatic heterocycles. The molecule has 0 radical (unpaired) electrons.